The smallest absolute Gasteiger partial charge is 0.321 e. The lowest BCUT2D eigenvalue weighted by atomic mass is 10.1. The van der Waals surface area contributed by atoms with Crippen LogP contribution in [-0.4, -0.2) is 22.5 Å². The van der Waals surface area contributed by atoms with E-state index in [9.17, 15) is 9.59 Å². The second-order valence-corrected chi connectivity index (χ2v) is 6.68. The van der Waals surface area contributed by atoms with Crippen molar-refractivity contribution in [3.05, 3.63) is 28.2 Å². The first-order chi connectivity index (χ1) is 9.25. The third-order valence-corrected chi connectivity index (χ3v) is 4.37. The molecule has 106 valence electrons. The van der Waals surface area contributed by atoms with E-state index in [1.807, 2.05) is 13.8 Å². The first kappa shape index (κ1) is 13.5. The molecule has 3 rings (SSSR count). The van der Waals surface area contributed by atoms with Crippen molar-refractivity contribution in [2.24, 2.45) is 5.41 Å². The van der Waals surface area contributed by atoms with Gasteiger partial charge in [-0.1, -0.05) is 37.0 Å². The largest absolute Gasteiger partial charge is 0.344 e. The maximum Gasteiger partial charge on any atom is 0.344 e. The number of rotatable bonds is 2. The minimum Gasteiger partial charge on any atom is -0.321 e. The molecule has 1 spiro atoms. The van der Waals surface area contributed by atoms with E-state index in [1.165, 1.54) is 0 Å². The van der Waals surface area contributed by atoms with E-state index in [0.717, 1.165) is 5.01 Å². The third-order valence-electron chi connectivity index (χ3n) is 3.93. The fraction of sp³-hybridized carbons (Fsp3) is 0.385. The van der Waals surface area contributed by atoms with Gasteiger partial charge in [0.1, 0.15) is 5.54 Å². The summed E-state index contributed by atoms with van der Waals surface area (Å²) < 4.78 is 0. The van der Waals surface area contributed by atoms with Crippen LogP contribution >= 0.6 is 23.2 Å². The first-order valence-electron chi connectivity index (χ1n) is 6.15. The summed E-state index contributed by atoms with van der Waals surface area (Å²) in [5.41, 5.74) is 2.25. The Morgan fingerprint density at radius 3 is 2.20 bits per heavy atom. The van der Waals surface area contributed by atoms with Crippen LogP contribution in [-0.2, 0) is 4.79 Å². The van der Waals surface area contributed by atoms with E-state index in [2.05, 4.69) is 10.7 Å². The molecule has 1 aliphatic carbocycles. The highest BCUT2D eigenvalue weighted by Crippen LogP contribution is 2.58. The summed E-state index contributed by atoms with van der Waals surface area (Å²) in [6.07, 6.45) is 0.638. The Kier molecular flexibility index (Phi) is 2.72. The minimum absolute atomic E-state index is 0.220. The van der Waals surface area contributed by atoms with Gasteiger partial charge >= 0.3 is 6.03 Å². The van der Waals surface area contributed by atoms with E-state index in [-0.39, 0.29) is 11.3 Å². The summed E-state index contributed by atoms with van der Waals surface area (Å²) in [7, 11) is 0. The van der Waals surface area contributed by atoms with E-state index in [0.29, 0.717) is 22.2 Å². The number of nitrogens with one attached hydrogen (secondary N) is 2. The molecule has 1 saturated carbocycles. The number of imide groups is 1. The number of benzene rings is 1. The fourth-order valence-electron chi connectivity index (χ4n) is 2.62. The second-order valence-electron chi connectivity index (χ2n) is 5.81. The summed E-state index contributed by atoms with van der Waals surface area (Å²) in [4.78, 5) is 24.4. The Hall–Kier alpha value is -1.46. The molecule has 1 heterocycles. The fourth-order valence-corrected chi connectivity index (χ4v) is 3.15. The molecule has 1 atom stereocenters. The van der Waals surface area contributed by atoms with Crippen molar-refractivity contribution in [2.45, 2.75) is 25.8 Å². The van der Waals surface area contributed by atoms with Crippen LogP contribution < -0.4 is 10.7 Å². The number of amides is 3. The lowest BCUT2D eigenvalue weighted by molar-refractivity contribution is -0.128. The molecule has 1 aromatic carbocycles. The Morgan fingerprint density at radius 1 is 1.20 bits per heavy atom. The van der Waals surface area contributed by atoms with Gasteiger partial charge < -0.3 is 5.32 Å². The normalized spacial score (nSPS) is 26.9. The third kappa shape index (κ3) is 1.84. The highest BCUT2D eigenvalue weighted by atomic mass is 35.5. The van der Waals surface area contributed by atoms with Crippen LogP contribution in [0.25, 0.3) is 0 Å². The van der Waals surface area contributed by atoms with Crippen molar-refractivity contribution in [1.29, 1.82) is 0 Å². The molecular weight excluding hydrogens is 301 g/mol. The number of urea groups is 1. The molecule has 1 unspecified atom stereocenters. The van der Waals surface area contributed by atoms with Gasteiger partial charge in [0.05, 0.1) is 5.69 Å². The zero-order chi connectivity index (χ0) is 14.7. The molecule has 2 fully saturated rings. The first-order valence-corrected chi connectivity index (χ1v) is 6.90. The second kappa shape index (κ2) is 4.02. The summed E-state index contributed by atoms with van der Waals surface area (Å²) in [5, 5.41) is 4.58. The maximum absolute atomic E-state index is 12.4. The van der Waals surface area contributed by atoms with Gasteiger partial charge in [0, 0.05) is 10.0 Å². The van der Waals surface area contributed by atoms with Crippen molar-refractivity contribution in [3.8, 4) is 0 Å². The summed E-state index contributed by atoms with van der Waals surface area (Å²) in [5.74, 6) is -0.274. The number of carbonyl (C=O) groups is 2. The van der Waals surface area contributed by atoms with Crippen molar-refractivity contribution >= 4 is 40.8 Å². The monoisotopic (exact) mass is 313 g/mol. The predicted octanol–water partition coefficient (Wildman–Crippen LogP) is 3.04. The maximum atomic E-state index is 12.4. The molecule has 2 N–H and O–H groups in total. The molecular formula is C13H13Cl2N3O2. The molecule has 0 radical (unpaired) electrons. The van der Waals surface area contributed by atoms with Crippen molar-refractivity contribution in [2.75, 3.05) is 5.43 Å². The number of carbonyl (C=O) groups excluding carboxylic acids is 2. The zero-order valence-electron chi connectivity index (χ0n) is 11.0. The number of hydrogen-bond acceptors (Lipinski definition) is 3. The number of anilines is 1. The van der Waals surface area contributed by atoms with Crippen LogP contribution in [0.1, 0.15) is 20.3 Å². The Balaban J connectivity index is 1.85. The van der Waals surface area contributed by atoms with Crippen molar-refractivity contribution in [1.82, 2.24) is 10.3 Å². The molecule has 1 saturated heterocycles. The van der Waals surface area contributed by atoms with Crippen LogP contribution in [0, 0.1) is 5.41 Å². The lowest BCUT2D eigenvalue weighted by Crippen LogP contribution is -2.38. The van der Waals surface area contributed by atoms with Gasteiger partial charge in [0.2, 0.25) is 0 Å². The molecule has 0 bridgehead atoms. The van der Waals surface area contributed by atoms with Crippen LogP contribution in [0.3, 0.4) is 0 Å². The molecule has 2 aliphatic rings. The summed E-state index contributed by atoms with van der Waals surface area (Å²) in [6, 6.07) is 4.30. The Morgan fingerprint density at radius 2 is 1.75 bits per heavy atom. The molecule has 20 heavy (non-hydrogen) atoms. The molecule has 5 nitrogen and oxygen atoms in total. The molecule has 0 aromatic heterocycles. The van der Waals surface area contributed by atoms with E-state index < -0.39 is 11.6 Å². The summed E-state index contributed by atoms with van der Waals surface area (Å²) in [6.45, 7) is 3.90. The molecule has 1 aromatic rings. The van der Waals surface area contributed by atoms with Gasteiger partial charge in [0.15, 0.2) is 0 Å². The lowest BCUT2D eigenvalue weighted by Gasteiger charge is -2.16. The standard InChI is InChI=1S/C13H13Cl2N3O2/c1-12(2)6-13(12)10(19)18(11(20)16-13)17-9-4-7(14)3-8(15)5-9/h3-5,17H,6H2,1-2H3,(H,16,20). The topological polar surface area (TPSA) is 61.4 Å². The van der Waals surface area contributed by atoms with Crippen LogP contribution in [0.2, 0.25) is 10.0 Å². The van der Waals surface area contributed by atoms with E-state index >= 15 is 0 Å². The van der Waals surface area contributed by atoms with Crippen molar-refractivity contribution < 1.29 is 9.59 Å². The highest BCUT2D eigenvalue weighted by Gasteiger charge is 2.72. The average molecular weight is 314 g/mol. The van der Waals surface area contributed by atoms with Gasteiger partial charge in [-0.25, -0.2) is 4.79 Å². The molecule has 3 amide bonds. The van der Waals surface area contributed by atoms with Gasteiger partial charge in [0.25, 0.3) is 5.91 Å². The Bertz CT molecular complexity index is 612. The molecule has 1 aliphatic heterocycles. The van der Waals surface area contributed by atoms with Gasteiger partial charge in [-0.15, -0.1) is 0 Å². The summed E-state index contributed by atoms with van der Waals surface area (Å²) >= 11 is 11.8. The van der Waals surface area contributed by atoms with Gasteiger partial charge in [-0.3, -0.25) is 10.2 Å². The van der Waals surface area contributed by atoms with E-state index in [1.54, 1.807) is 18.2 Å². The number of hydrogen-bond donors (Lipinski definition) is 2. The SMILES string of the molecule is CC1(C)CC12NC(=O)N(Nc1cc(Cl)cc(Cl)c1)C2=O. The number of nitrogens with zero attached hydrogens (tertiary/aromatic N) is 1. The quantitative estimate of drug-likeness (QED) is 0.825. The van der Waals surface area contributed by atoms with Gasteiger partial charge in [-0.05, 0) is 30.0 Å². The van der Waals surface area contributed by atoms with Crippen LogP contribution in [0.5, 0.6) is 0 Å². The van der Waals surface area contributed by atoms with Crippen molar-refractivity contribution in [3.63, 3.8) is 0 Å². The number of halogens is 2. The average Bonchev–Trinajstić information content (AvgIpc) is 2.78. The zero-order valence-corrected chi connectivity index (χ0v) is 12.5. The van der Waals surface area contributed by atoms with Crippen LogP contribution in [0.15, 0.2) is 18.2 Å². The van der Waals surface area contributed by atoms with Crippen LogP contribution in [0.4, 0.5) is 10.5 Å². The minimum atomic E-state index is -0.778. The van der Waals surface area contributed by atoms with Gasteiger partial charge in [-0.2, -0.15) is 5.01 Å². The number of hydrazine groups is 1. The highest BCUT2D eigenvalue weighted by molar-refractivity contribution is 6.35. The molecule has 7 heteroatoms. The predicted molar refractivity (Wildman–Crippen MR) is 76.6 cm³/mol. The van der Waals surface area contributed by atoms with E-state index in [4.69, 9.17) is 23.2 Å². The Labute approximate surface area is 126 Å².